The van der Waals surface area contributed by atoms with Crippen molar-refractivity contribution in [2.24, 2.45) is 0 Å². The van der Waals surface area contributed by atoms with E-state index in [2.05, 4.69) is 26.6 Å². The van der Waals surface area contributed by atoms with Crippen molar-refractivity contribution in [2.45, 2.75) is 4.90 Å². The number of halogens is 2. The molecule has 130 valence electrons. The van der Waals surface area contributed by atoms with Gasteiger partial charge in [0, 0.05) is 14.4 Å². The van der Waals surface area contributed by atoms with E-state index >= 15 is 0 Å². The summed E-state index contributed by atoms with van der Waals surface area (Å²) in [4.78, 5) is 24.1. The number of carboxylic acid groups (broad SMARTS) is 1. The zero-order chi connectivity index (χ0) is 18.4. The van der Waals surface area contributed by atoms with Crippen molar-refractivity contribution in [2.75, 3.05) is 11.1 Å². The topological polar surface area (TPSA) is 78.4 Å². The van der Waals surface area contributed by atoms with Crippen LogP contribution in [0.3, 0.4) is 0 Å². The number of rotatable bonds is 5. The molecule has 3 N–H and O–H groups in total. The maximum Gasteiger partial charge on any atom is 0.337 e. The van der Waals surface area contributed by atoms with Crippen molar-refractivity contribution in [3.63, 3.8) is 0 Å². The Bertz CT molecular complexity index is 816. The molecule has 0 unspecified atom stereocenters. The smallest absolute Gasteiger partial charge is 0.337 e. The largest absolute Gasteiger partial charge is 0.478 e. The summed E-state index contributed by atoms with van der Waals surface area (Å²) in [5, 5.41) is 15.1. The highest BCUT2D eigenvalue weighted by atomic mass is 79.9. The summed E-state index contributed by atoms with van der Waals surface area (Å²) in [6, 6.07) is 11.8. The van der Waals surface area contributed by atoms with Crippen molar-refractivity contribution in [3.05, 3.63) is 57.5 Å². The Morgan fingerprint density at radius 3 is 2.52 bits per heavy atom. The minimum atomic E-state index is -1.10. The van der Waals surface area contributed by atoms with Crippen LogP contribution in [0.2, 0.25) is 5.02 Å². The molecule has 0 atom stereocenters. The van der Waals surface area contributed by atoms with Gasteiger partial charge in [-0.3, -0.25) is 4.79 Å². The SMILES string of the molecule is O=C(CSc1ccc(Cl)cc1)NC(=S)Nc1ccc(Br)cc1C(=O)O. The highest BCUT2D eigenvalue weighted by Gasteiger charge is 2.13. The summed E-state index contributed by atoms with van der Waals surface area (Å²) < 4.78 is 0.629. The molecule has 0 saturated heterocycles. The number of carbonyl (C=O) groups is 2. The molecule has 0 heterocycles. The number of nitrogens with one attached hydrogen (secondary N) is 2. The molecule has 0 aliphatic rings. The van der Waals surface area contributed by atoms with E-state index in [1.54, 1.807) is 24.3 Å². The Kier molecular flexibility index (Phi) is 7.24. The summed E-state index contributed by atoms with van der Waals surface area (Å²) in [7, 11) is 0. The number of benzene rings is 2. The van der Waals surface area contributed by atoms with Gasteiger partial charge in [-0.15, -0.1) is 11.8 Å². The minimum Gasteiger partial charge on any atom is -0.478 e. The Hall–Kier alpha value is -1.61. The van der Waals surface area contributed by atoms with Gasteiger partial charge in [0.05, 0.1) is 17.0 Å². The standard InChI is InChI=1S/C16H12BrClN2O3S2/c17-9-1-6-13(12(7-9)15(22)23)19-16(24)20-14(21)8-25-11-4-2-10(18)3-5-11/h1-7H,8H2,(H,22,23)(H2,19,20,21,24). The Labute approximate surface area is 167 Å². The number of hydrogen-bond acceptors (Lipinski definition) is 4. The van der Waals surface area contributed by atoms with Gasteiger partial charge >= 0.3 is 5.97 Å². The summed E-state index contributed by atoms with van der Waals surface area (Å²) in [6.45, 7) is 0. The molecule has 5 nitrogen and oxygen atoms in total. The maximum atomic E-state index is 11.9. The number of carboxylic acids is 1. The quantitative estimate of drug-likeness (QED) is 0.454. The van der Waals surface area contributed by atoms with Crippen molar-refractivity contribution in [3.8, 4) is 0 Å². The fourth-order valence-electron chi connectivity index (χ4n) is 1.80. The van der Waals surface area contributed by atoms with E-state index in [9.17, 15) is 14.7 Å². The van der Waals surface area contributed by atoms with Crippen LogP contribution < -0.4 is 10.6 Å². The second-order valence-corrected chi connectivity index (χ2v) is 7.55. The molecule has 0 aliphatic carbocycles. The maximum absolute atomic E-state index is 11.9. The lowest BCUT2D eigenvalue weighted by Crippen LogP contribution is -2.35. The molecule has 0 radical (unpaired) electrons. The molecular formula is C16H12BrClN2O3S2. The van der Waals surface area contributed by atoms with Gasteiger partial charge in [0.15, 0.2) is 5.11 Å². The molecule has 1 amide bonds. The number of thiocarbonyl (C=S) groups is 1. The third-order valence-electron chi connectivity index (χ3n) is 2.90. The molecule has 2 aromatic rings. The second-order valence-electron chi connectivity index (χ2n) is 4.74. The van der Waals surface area contributed by atoms with Crippen LogP contribution in [0.1, 0.15) is 10.4 Å². The monoisotopic (exact) mass is 458 g/mol. The number of anilines is 1. The second kappa shape index (κ2) is 9.19. The Balaban J connectivity index is 1.90. The molecule has 2 aromatic carbocycles. The lowest BCUT2D eigenvalue weighted by Gasteiger charge is -2.12. The first-order valence-electron chi connectivity index (χ1n) is 6.87. The number of aromatic carboxylic acids is 1. The first-order chi connectivity index (χ1) is 11.8. The lowest BCUT2D eigenvalue weighted by atomic mass is 10.2. The summed E-state index contributed by atoms with van der Waals surface area (Å²) in [6.07, 6.45) is 0. The van der Waals surface area contributed by atoms with Gasteiger partial charge in [-0.1, -0.05) is 27.5 Å². The van der Waals surface area contributed by atoms with Gasteiger partial charge in [0.25, 0.3) is 0 Å². The third-order valence-corrected chi connectivity index (χ3v) is 4.86. The summed E-state index contributed by atoms with van der Waals surface area (Å²) in [5.74, 6) is -1.24. The van der Waals surface area contributed by atoms with E-state index in [1.807, 2.05) is 12.1 Å². The van der Waals surface area contributed by atoms with E-state index in [-0.39, 0.29) is 22.3 Å². The van der Waals surface area contributed by atoms with Crippen LogP contribution in [0.4, 0.5) is 5.69 Å². The highest BCUT2D eigenvalue weighted by molar-refractivity contribution is 9.10. The van der Waals surface area contributed by atoms with E-state index in [0.717, 1.165) is 4.90 Å². The van der Waals surface area contributed by atoms with E-state index in [0.29, 0.717) is 15.2 Å². The van der Waals surface area contributed by atoms with Crippen LogP contribution in [0, 0.1) is 0 Å². The predicted molar refractivity (Wildman–Crippen MR) is 108 cm³/mol. The third kappa shape index (κ3) is 6.32. The first kappa shape index (κ1) is 19.7. The van der Waals surface area contributed by atoms with E-state index < -0.39 is 5.97 Å². The molecule has 0 spiro atoms. The molecule has 0 saturated carbocycles. The van der Waals surface area contributed by atoms with Crippen LogP contribution in [0.15, 0.2) is 51.8 Å². The zero-order valence-corrected chi connectivity index (χ0v) is 16.6. The van der Waals surface area contributed by atoms with Gasteiger partial charge in [-0.25, -0.2) is 4.79 Å². The van der Waals surface area contributed by atoms with Crippen LogP contribution in [-0.4, -0.2) is 27.8 Å². The molecule has 0 aromatic heterocycles. The van der Waals surface area contributed by atoms with Crippen molar-refractivity contribution in [1.29, 1.82) is 0 Å². The molecular weight excluding hydrogens is 448 g/mol. The lowest BCUT2D eigenvalue weighted by molar-refractivity contribution is -0.117. The zero-order valence-electron chi connectivity index (χ0n) is 12.6. The van der Waals surface area contributed by atoms with E-state index in [4.69, 9.17) is 23.8 Å². The average molecular weight is 460 g/mol. The summed E-state index contributed by atoms with van der Waals surface area (Å²) >= 11 is 15.4. The van der Waals surface area contributed by atoms with Crippen LogP contribution in [0.25, 0.3) is 0 Å². The van der Waals surface area contributed by atoms with Crippen LogP contribution in [-0.2, 0) is 4.79 Å². The number of thioether (sulfide) groups is 1. The van der Waals surface area contributed by atoms with Crippen LogP contribution >= 0.6 is 51.5 Å². The molecule has 25 heavy (non-hydrogen) atoms. The molecule has 2 rings (SSSR count). The van der Waals surface area contributed by atoms with Gasteiger partial charge in [-0.05, 0) is 54.7 Å². The molecule has 0 bridgehead atoms. The molecule has 0 aliphatic heterocycles. The Morgan fingerprint density at radius 2 is 1.88 bits per heavy atom. The van der Waals surface area contributed by atoms with Gasteiger partial charge < -0.3 is 15.7 Å². The van der Waals surface area contributed by atoms with Crippen molar-refractivity contribution < 1.29 is 14.7 Å². The van der Waals surface area contributed by atoms with Crippen molar-refractivity contribution in [1.82, 2.24) is 5.32 Å². The minimum absolute atomic E-state index is 0.0338. The predicted octanol–water partition coefficient (Wildman–Crippen LogP) is 4.41. The van der Waals surface area contributed by atoms with Gasteiger partial charge in [0.2, 0.25) is 5.91 Å². The average Bonchev–Trinajstić information content (AvgIpc) is 2.55. The van der Waals surface area contributed by atoms with Gasteiger partial charge in [-0.2, -0.15) is 0 Å². The number of hydrogen-bond donors (Lipinski definition) is 3. The number of amides is 1. The fourth-order valence-corrected chi connectivity index (χ4v) is 3.21. The Morgan fingerprint density at radius 1 is 1.20 bits per heavy atom. The normalized spacial score (nSPS) is 10.2. The molecule has 0 fully saturated rings. The first-order valence-corrected chi connectivity index (χ1v) is 9.43. The van der Waals surface area contributed by atoms with E-state index in [1.165, 1.54) is 17.8 Å². The fraction of sp³-hybridized carbons (Fsp3) is 0.0625. The van der Waals surface area contributed by atoms with Crippen molar-refractivity contribution >= 4 is 74.2 Å². The highest BCUT2D eigenvalue weighted by Crippen LogP contribution is 2.22. The van der Waals surface area contributed by atoms with Crippen LogP contribution in [0.5, 0.6) is 0 Å². The summed E-state index contributed by atoms with van der Waals surface area (Å²) in [5.41, 5.74) is 0.341. The molecule has 9 heteroatoms. The number of carbonyl (C=O) groups excluding carboxylic acids is 1. The van der Waals surface area contributed by atoms with Gasteiger partial charge in [0.1, 0.15) is 0 Å².